The van der Waals surface area contributed by atoms with E-state index in [1.54, 1.807) is 6.92 Å². The molecule has 0 aliphatic carbocycles. The fraction of sp³-hybridized carbons (Fsp3) is 0.458. The summed E-state index contributed by atoms with van der Waals surface area (Å²) in [6.45, 7) is 6.14. The van der Waals surface area contributed by atoms with Crippen LogP contribution in [-0.2, 0) is 11.3 Å². The van der Waals surface area contributed by atoms with Gasteiger partial charge in [0.25, 0.3) is 0 Å². The van der Waals surface area contributed by atoms with Crippen molar-refractivity contribution in [1.29, 1.82) is 0 Å². The molecule has 2 atom stereocenters. The van der Waals surface area contributed by atoms with Gasteiger partial charge >= 0.3 is 0 Å². The van der Waals surface area contributed by atoms with E-state index in [9.17, 15) is 4.79 Å². The van der Waals surface area contributed by atoms with Crippen LogP contribution < -0.4 is 9.47 Å². The molecule has 3 heterocycles. The number of likely N-dealkylation sites (tertiary alicyclic amines) is 2. The van der Waals surface area contributed by atoms with Gasteiger partial charge < -0.3 is 14.4 Å². The Kier molecular flexibility index (Phi) is 4.70. The number of hydrogen-bond acceptors (Lipinski definition) is 4. The summed E-state index contributed by atoms with van der Waals surface area (Å²) >= 11 is 0. The largest absolute Gasteiger partial charge is 0.485 e. The van der Waals surface area contributed by atoms with Crippen molar-refractivity contribution in [3.63, 3.8) is 0 Å². The number of para-hydroxylation sites is 2. The second-order valence-corrected chi connectivity index (χ2v) is 8.57. The first kappa shape index (κ1) is 18.5. The zero-order valence-corrected chi connectivity index (χ0v) is 17.0. The lowest BCUT2D eigenvalue weighted by Crippen LogP contribution is -2.48. The number of rotatable bonds is 3. The van der Waals surface area contributed by atoms with Gasteiger partial charge in [0.15, 0.2) is 17.6 Å². The molecule has 3 aliphatic heterocycles. The van der Waals surface area contributed by atoms with E-state index in [0.29, 0.717) is 6.61 Å². The molecule has 0 N–H and O–H groups in total. The van der Waals surface area contributed by atoms with Crippen LogP contribution in [0.1, 0.15) is 43.4 Å². The Balaban J connectivity index is 1.22. The summed E-state index contributed by atoms with van der Waals surface area (Å²) < 4.78 is 12.0. The Morgan fingerprint density at radius 2 is 1.86 bits per heavy atom. The molecule has 0 radical (unpaired) electrons. The number of ether oxygens (including phenoxy) is 2. The Hall–Kier alpha value is -2.53. The standard InChI is InChI=1S/C24H28N2O3/c1-18(27)26-13-4-11-24(26)12-14-25(17-24)15-19-7-9-20(10-8-19)23-16-28-21-5-2-3-6-22(21)29-23/h2-3,5-10,23H,4,11-17H2,1H3. The van der Waals surface area contributed by atoms with E-state index in [2.05, 4.69) is 34.1 Å². The Labute approximate surface area is 172 Å². The maximum Gasteiger partial charge on any atom is 0.219 e. The summed E-state index contributed by atoms with van der Waals surface area (Å²) in [6, 6.07) is 16.5. The Bertz CT molecular complexity index is 897. The molecule has 2 fully saturated rings. The van der Waals surface area contributed by atoms with Gasteiger partial charge in [-0.1, -0.05) is 36.4 Å². The first-order chi connectivity index (χ1) is 14.1. The van der Waals surface area contributed by atoms with E-state index in [0.717, 1.165) is 62.5 Å². The second-order valence-electron chi connectivity index (χ2n) is 8.57. The van der Waals surface area contributed by atoms with Gasteiger partial charge in [-0.25, -0.2) is 0 Å². The summed E-state index contributed by atoms with van der Waals surface area (Å²) in [5.74, 6) is 1.85. The van der Waals surface area contributed by atoms with Gasteiger partial charge in [0.1, 0.15) is 6.61 Å². The monoisotopic (exact) mass is 392 g/mol. The van der Waals surface area contributed by atoms with Gasteiger partial charge in [0.05, 0.1) is 5.54 Å². The van der Waals surface area contributed by atoms with Gasteiger partial charge in [0, 0.05) is 33.1 Å². The molecule has 29 heavy (non-hydrogen) atoms. The predicted molar refractivity (Wildman–Crippen MR) is 111 cm³/mol. The van der Waals surface area contributed by atoms with Crippen molar-refractivity contribution in [1.82, 2.24) is 9.80 Å². The fourth-order valence-electron chi connectivity index (χ4n) is 5.21. The van der Waals surface area contributed by atoms with Crippen LogP contribution in [0.15, 0.2) is 48.5 Å². The summed E-state index contributed by atoms with van der Waals surface area (Å²) in [7, 11) is 0. The third kappa shape index (κ3) is 3.48. The van der Waals surface area contributed by atoms with Crippen LogP contribution in [0.25, 0.3) is 0 Å². The molecule has 0 saturated carbocycles. The number of benzene rings is 2. The van der Waals surface area contributed by atoms with E-state index in [-0.39, 0.29) is 17.6 Å². The van der Waals surface area contributed by atoms with Crippen molar-refractivity contribution in [2.45, 2.75) is 44.4 Å². The molecule has 152 valence electrons. The maximum atomic E-state index is 12.0. The summed E-state index contributed by atoms with van der Waals surface area (Å²) in [5.41, 5.74) is 2.52. The normalized spacial score (nSPS) is 26.2. The van der Waals surface area contributed by atoms with Crippen LogP contribution in [-0.4, -0.2) is 47.5 Å². The minimum absolute atomic E-state index is 0.0726. The van der Waals surface area contributed by atoms with E-state index < -0.39 is 0 Å². The Morgan fingerprint density at radius 3 is 2.66 bits per heavy atom. The zero-order chi connectivity index (χ0) is 19.8. The summed E-state index contributed by atoms with van der Waals surface area (Å²) in [5, 5.41) is 0. The van der Waals surface area contributed by atoms with Crippen molar-refractivity contribution < 1.29 is 14.3 Å². The van der Waals surface area contributed by atoms with Crippen molar-refractivity contribution in [3.05, 3.63) is 59.7 Å². The lowest BCUT2D eigenvalue weighted by molar-refractivity contribution is -0.132. The van der Waals surface area contributed by atoms with Crippen LogP contribution in [0.3, 0.4) is 0 Å². The molecule has 1 amide bonds. The lowest BCUT2D eigenvalue weighted by atomic mass is 9.95. The van der Waals surface area contributed by atoms with Crippen molar-refractivity contribution in [2.75, 3.05) is 26.2 Å². The minimum Gasteiger partial charge on any atom is -0.485 e. The molecule has 2 unspecified atom stereocenters. The number of carbonyl (C=O) groups is 1. The number of nitrogens with zero attached hydrogens (tertiary/aromatic N) is 2. The number of hydrogen-bond donors (Lipinski definition) is 0. The highest BCUT2D eigenvalue weighted by atomic mass is 16.6. The molecular weight excluding hydrogens is 364 g/mol. The van der Waals surface area contributed by atoms with Crippen LogP contribution in [0, 0.1) is 0 Å². The van der Waals surface area contributed by atoms with Gasteiger partial charge in [0.2, 0.25) is 5.91 Å². The number of carbonyl (C=O) groups excluding carboxylic acids is 1. The van der Waals surface area contributed by atoms with E-state index >= 15 is 0 Å². The topological polar surface area (TPSA) is 42.0 Å². The van der Waals surface area contributed by atoms with Crippen molar-refractivity contribution in [3.8, 4) is 11.5 Å². The minimum atomic E-state index is -0.0726. The Morgan fingerprint density at radius 1 is 1.07 bits per heavy atom. The molecule has 5 nitrogen and oxygen atoms in total. The molecule has 2 aromatic carbocycles. The van der Waals surface area contributed by atoms with Gasteiger partial charge in [-0.2, -0.15) is 0 Å². The molecule has 2 saturated heterocycles. The molecule has 0 aromatic heterocycles. The van der Waals surface area contributed by atoms with E-state index in [4.69, 9.17) is 9.47 Å². The molecule has 3 aliphatic rings. The SMILES string of the molecule is CC(=O)N1CCCC12CCN(Cc1ccc(C3COc4ccccc4O3)cc1)C2. The second kappa shape index (κ2) is 7.38. The number of fused-ring (bicyclic) bond motifs is 1. The quantitative estimate of drug-likeness (QED) is 0.797. The average molecular weight is 392 g/mol. The molecule has 2 aromatic rings. The van der Waals surface area contributed by atoms with Crippen LogP contribution in [0.5, 0.6) is 11.5 Å². The molecule has 0 bridgehead atoms. The predicted octanol–water partition coefficient (Wildman–Crippen LogP) is 3.79. The average Bonchev–Trinajstić information content (AvgIpc) is 3.35. The zero-order valence-electron chi connectivity index (χ0n) is 17.0. The fourth-order valence-corrected chi connectivity index (χ4v) is 5.21. The highest BCUT2D eigenvalue weighted by molar-refractivity contribution is 5.74. The summed E-state index contributed by atoms with van der Waals surface area (Å²) in [4.78, 5) is 16.6. The van der Waals surface area contributed by atoms with Gasteiger partial charge in [-0.3, -0.25) is 9.69 Å². The molecular formula is C24H28N2O3. The first-order valence-corrected chi connectivity index (χ1v) is 10.6. The maximum absolute atomic E-state index is 12.0. The molecule has 5 rings (SSSR count). The molecule has 1 spiro atoms. The number of amides is 1. The van der Waals surface area contributed by atoms with E-state index in [1.165, 1.54) is 5.56 Å². The van der Waals surface area contributed by atoms with Crippen LogP contribution in [0.2, 0.25) is 0 Å². The highest BCUT2D eigenvalue weighted by Gasteiger charge is 2.46. The van der Waals surface area contributed by atoms with Crippen LogP contribution in [0.4, 0.5) is 0 Å². The highest BCUT2D eigenvalue weighted by Crippen LogP contribution is 2.38. The third-order valence-electron chi connectivity index (χ3n) is 6.65. The smallest absolute Gasteiger partial charge is 0.219 e. The first-order valence-electron chi connectivity index (χ1n) is 10.6. The molecule has 5 heteroatoms. The van der Waals surface area contributed by atoms with Crippen molar-refractivity contribution >= 4 is 5.91 Å². The van der Waals surface area contributed by atoms with E-state index in [1.807, 2.05) is 24.3 Å². The third-order valence-corrected chi connectivity index (χ3v) is 6.65. The van der Waals surface area contributed by atoms with Crippen molar-refractivity contribution in [2.24, 2.45) is 0 Å². The summed E-state index contributed by atoms with van der Waals surface area (Å²) in [6.07, 6.45) is 3.30. The lowest BCUT2D eigenvalue weighted by Gasteiger charge is -2.34. The van der Waals surface area contributed by atoms with Crippen LogP contribution >= 0.6 is 0 Å². The van der Waals surface area contributed by atoms with Gasteiger partial charge in [-0.05, 0) is 42.5 Å². The van der Waals surface area contributed by atoms with Gasteiger partial charge in [-0.15, -0.1) is 0 Å².